The standard InChI is InChI=1S/C19H31NO/c1-4-6-16-9-11-19(13-20,12-10-16)18(21)17-14(2)7-5-8-15(17)3/h5,7-8,16,18,21H,4,6,9-13,20H2,1-3H3. The van der Waals surface area contributed by atoms with E-state index in [9.17, 15) is 5.11 Å². The molecule has 1 atom stereocenters. The molecular weight excluding hydrogens is 258 g/mol. The Bertz CT molecular complexity index is 440. The zero-order valence-corrected chi connectivity index (χ0v) is 13.9. The second-order valence-corrected chi connectivity index (χ2v) is 7.01. The van der Waals surface area contributed by atoms with Crippen molar-refractivity contribution in [1.82, 2.24) is 0 Å². The number of aryl methyl sites for hydroxylation is 2. The number of hydrogen-bond acceptors (Lipinski definition) is 2. The molecule has 0 aromatic heterocycles. The average Bonchev–Trinajstić information content (AvgIpc) is 2.48. The molecule has 118 valence electrons. The summed E-state index contributed by atoms with van der Waals surface area (Å²) in [7, 11) is 0. The van der Waals surface area contributed by atoms with Gasteiger partial charge in [-0.2, -0.15) is 0 Å². The van der Waals surface area contributed by atoms with Gasteiger partial charge in [0.05, 0.1) is 6.10 Å². The van der Waals surface area contributed by atoms with Crippen LogP contribution in [0.4, 0.5) is 0 Å². The summed E-state index contributed by atoms with van der Waals surface area (Å²) in [6.45, 7) is 7.04. The van der Waals surface area contributed by atoms with E-state index in [2.05, 4.69) is 39.0 Å². The number of rotatable bonds is 5. The smallest absolute Gasteiger partial charge is 0.0863 e. The third-order valence-electron chi connectivity index (χ3n) is 5.60. The van der Waals surface area contributed by atoms with Crippen molar-refractivity contribution >= 4 is 0 Å². The molecule has 0 spiro atoms. The van der Waals surface area contributed by atoms with Crippen molar-refractivity contribution in [1.29, 1.82) is 0 Å². The van der Waals surface area contributed by atoms with Crippen LogP contribution < -0.4 is 5.73 Å². The first-order chi connectivity index (χ1) is 10.0. The van der Waals surface area contributed by atoms with Crippen LogP contribution in [0, 0.1) is 25.2 Å². The van der Waals surface area contributed by atoms with Gasteiger partial charge >= 0.3 is 0 Å². The van der Waals surface area contributed by atoms with Crippen molar-refractivity contribution in [3.63, 3.8) is 0 Å². The Morgan fingerprint density at radius 2 is 1.81 bits per heavy atom. The Labute approximate surface area is 129 Å². The molecule has 1 aromatic carbocycles. The molecule has 2 rings (SSSR count). The van der Waals surface area contributed by atoms with Gasteiger partial charge < -0.3 is 10.8 Å². The highest BCUT2D eigenvalue weighted by atomic mass is 16.3. The van der Waals surface area contributed by atoms with E-state index < -0.39 is 6.10 Å². The summed E-state index contributed by atoms with van der Waals surface area (Å²) in [5.41, 5.74) is 9.49. The Hall–Kier alpha value is -0.860. The molecule has 21 heavy (non-hydrogen) atoms. The summed E-state index contributed by atoms with van der Waals surface area (Å²) >= 11 is 0. The highest BCUT2D eigenvalue weighted by Crippen LogP contribution is 2.48. The second-order valence-electron chi connectivity index (χ2n) is 7.01. The largest absolute Gasteiger partial charge is 0.388 e. The van der Waals surface area contributed by atoms with E-state index in [1.165, 1.54) is 36.8 Å². The van der Waals surface area contributed by atoms with E-state index in [0.717, 1.165) is 24.3 Å². The molecule has 2 heteroatoms. The fourth-order valence-electron chi connectivity index (χ4n) is 4.10. The first-order valence-electron chi connectivity index (χ1n) is 8.48. The van der Waals surface area contributed by atoms with Crippen LogP contribution in [-0.2, 0) is 0 Å². The van der Waals surface area contributed by atoms with Gasteiger partial charge in [0.25, 0.3) is 0 Å². The quantitative estimate of drug-likeness (QED) is 0.850. The molecule has 0 saturated heterocycles. The third kappa shape index (κ3) is 3.32. The van der Waals surface area contributed by atoms with E-state index in [1.54, 1.807) is 0 Å². The van der Waals surface area contributed by atoms with Crippen LogP contribution in [0.15, 0.2) is 18.2 Å². The average molecular weight is 289 g/mol. The molecular formula is C19H31NO. The Morgan fingerprint density at radius 3 is 2.29 bits per heavy atom. The van der Waals surface area contributed by atoms with Crippen molar-refractivity contribution in [3.05, 3.63) is 34.9 Å². The van der Waals surface area contributed by atoms with E-state index >= 15 is 0 Å². The maximum atomic E-state index is 11.1. The van der Waals surface area contributed by atoms with Gasteiger partial charge in [0.2, 0.25) is 0 Å². The number of aliphatic hydroxyl groups excluding tert-OH is 1. The minimum absolute atomic E-state index is 0.124. The first kappa shape index (κ1) is 16.5. The van der Waals surface area contributed by atoms with Gasteiger partial charge in [0.15, 0.2) is 0 Å². The maximum Gasteiger partial charge on any atom is 0.0863 e. The zero-order valence-electron chi connectivity index (χ0n) is 13.9. The molecule has 0 radical (unpaired) electrons. The van der Waals surface area contributed by atoms with Gasteiger partial charge in [-0.15, -0.1) is 0 Å². The number of aliphatic hydroxyl groups is 1. The number of hydrogen-bond donors (Lipinski definition) is 2. The second kappa shape index (κ2) is 6.93. The first-order valence-corrected chi connectivity index (χ1v) is 8.48. The lowest BCUT2D eigenvalue weighted by Crippen LogP contribution is -2.40. The van der Waals surface area contributed by atoms with Crippen LogP contribution in [0.25, 0.3) is 0 Å². The fraction of sp³-hybridized carbons (Fsp3) is 0.684. The molecule has 1 unspecified atom stereocenters. The number of nitrogens with two attached hydrogens (primary N) is 1. The van der Waals surface area contributed by atoms with E-state index in [1.807, 2.05) is 0 Å². The molecule has 0 heterocycles. The Kier molecular flexibility index (Phi) is 5.45. The van der Waals surface area contributed by atoms with Gasteiger partial charge in [-0.3, -0.25) is 0 Å². The van der Waals surface area contributed by atoms with Crippen LogP contribution in [0.1, 0.15) is 68.2 Å². The summed E-state index contributed by atoms with van der Waals surface area (Å²) in [5, 5.41) is 11.1. The van der Waals surface area contributed by atoms with Crippen LogP contribution in [-0.4, -0.2) is 11.7 Å². The minimum atomic E-state index is -0.425. The van der Waals surface area contributed by atoms with Gasteiger partial charge in [-0.1, -0.05) is 38.0 Å². The summed E-state index contributed by atoms with van der Waals surface area (Å²) in [6, 6.07) is 6.26. The lowest BCUT2D eigenvalue weighted by molar-refractivity contribution is -0.0115. The molecule has 1 aliphatic rings. The molecule has 0 aliphatic heterocycles. The Morgan fingerprint density at radius 1 is 1.24 bits per heavy atom. The summed E-state index contributed by atoms with van der Waals surface area (Å²) in [5.74, 6) is 0.833. The predicted octanol–water partition coefficient (Wildman–Crippen LogP) is 4.27. The summed E-state index contributed by atoms with van der Waals surface area (Å²) in [4.78, 5) is 0. The predicted molar refractivity (Wildman–Crippen MR) is 89.2 cm³/mol. The fourth-order valence-corrected chi connectivity index (χ4v) is 4.10. The van der Waals surface area contributed by atoms with Crippen molar-refractivity contribution in [2.45, 2.75) is 65.4 Å². The van der Waals surface area contributed by atoms with Crippen LogP contribution in [0.5, 0.6) is 0 Å². The van der Waals surface area contributed by atoms with Gasteiger partial charge in [0, 0.05) is 12.0 Å². The number of benzene rings is 1. The van der Waals surface area contributed by atoms with Crippen molar-refractivity contribution in [3.8, 4) is 0 Å². The normalized spacial score (nSPS) is 27.6. The molecule has 1 saturated carbocycles. The minimum Gasteiger partial charge on any atom is -0.388 e. The van der Waals surface area contributed by atoms with Crippen LogP contribution in [0.2, 0.25) is 0 Å². The lowest BCUT2D eigenvalue weighted by Gasteiger charge is -2.43. The lowest BCUT2D eigenvalue weighted by atomic mass is 9.64. The maximum absolute atomic E-state index is 11.1. The van der Waals surface area contributed by atoms with Crippen molar-refractivity contribution in [2.75, 3.05) is 6.54 Å². The molecule has 3 N–H and O–H groups in total. The van der Waals surface area contributed by atoms with Crippen molar-refractivity contribution < 1.29 is 5.11 Å². The van der Waals surface area contributed by atoms with E-state index in [0.29, 0.717) is 6.54 Å². The SMILES string of the molecule is CCCC1CCC(CN)(C(O)c2c(C)cccc2C)CC1. The molecule has 1 aromatic rings. The van der Waals surface area contributed by atoms with Crippen LogP contribution >= 0.6 is 0 Å². The van der Waals surface area contributed by atoms with Crippen LogP contribution in [0.3, 0.4) is 0 Å². The summed E-state index contributed by atoms with van der Waals surface area (Å²) in [6.07, 6.45) is 6.71. The van der Waals surface area contributed by atoms with Crippen molar-refractivity contribution in [2.24, 2.45) is 17.1 Å². The molecule has 0 bridgehead atoms. The highest BCUT2D eigenvalue weighted by Gasteiger charge is 2.41. The van der Waals surface area contributed by atoms with Gasteiger partial charge in [-0.25, -0.2) is 0 Å². The highest BCUT2D eigenvalue weighted by molar-refractivity contribution is 5.36. The topological polar surface area (TPSA) is 46.2 Å². The van der Waals surface area contributed by atoms with Gasteiger partial charge in [-0.05, 0) is 62.1 Å². The molecule has 2 nitrogen and oxygen atoms in total. The third-order valence-corrected chi connectivity index (χ3v) is 5.60. The van der Waals surface area contributed by atoms with E-state index in [-0.39, 0.29) is 5.41 Å². The zero-order chi connectivity index (χ0) is 15.5. The van der Waals surface area contributed by atoms with E-state index in [4.69, 9.17) is 5.73 Å². The molecule has 0 amide bonds. The summed E-state index contributed by atoms with van der Waals surface area (Å²) < 4.78 is 0. The molecule has 1 aliphatic carbocycles. The monoisotopic (exact) mass is 289 g/mol. The molecule has 1 fully saturated rings. The van der Waals surface area contributed by atoms with Gasteiger partial charge in [0.1, 0.15) is 0 Å². The Balaban J connectivity index is 2.21.